The highest BCUT2D eigenvalue weighted by Gasteiger charge is 2.37. The second kappa shape index (κ2) is 21.6. The molecule has 0 aliphatic heterocycles. The summed E-state index contributed by atoms with van der Waals surface area (Å²) in [6, 6.07) is 14.8. The van der Waals surface area contributed by atoms with Crippen molar-refractivity contribution in [3.63, 3.8) is 0 Å². The van der Waals surface area contributed by atoms with Gasteiger partial charge in [0, 0.05) is 67.0 Å². The van der Waals surface area contributed by atoms with Crippen LogP contribution >= 0.6 is 0 Å². The Kier molecular flexibility index (Phi) is 16.1. The summed E-state index contributed by atoms with van der Waals surface area (Å²) in [6.07, 6.45) is -14.0. The van der Waals surface area contributed by atoms with Crippen molar-refractivity contribution in [1.82, 2.24) is 29.3 Å². The molecule has 28 heteroatoms. The van der Waals surface area contributed by atoms with Gasteiger partial charge in [-0.2, -0.15) is 54.8 Å². The maximum Gasteiger partial charge on any atom is 0.435 e. The number of nitrogens with two attached hydrogens (primary N) is 1. The van der Waals surface area contributed by atoms with Crippen molar-refractivity contribution in [3.8, 4) is 33.8 Å². The first-order valence-electron chi connectivity index (χ1n) is 20.7. The number of nitrogens with zero attached hydrogens (tertiary/aromatic N) is 6. The zero-order valence-corrected chi connectivity index (χ0v) is 37.9. The maximum atomic E-state index is 14.4. The van der Waals surface area contributed by atoms with E-state index in [4.69, 9.17) is 5.73 Å². The third-order valence-electron chi connectivity index (χ3n) is 10.4. The van der Waals surface area contributed by atoms with Crippen molar-refractivity contribution in [2.75, 3.05) is 16.4 Å². The van der Waals surface area contributed by atoms with E-state index in [1.54, 1.807) is 0 Å². The van der Waals surface area contributed by atoms with E-state index >= 15 is 0 Å². The van der Waals surface area contributed by atoms with Crippen molar-refractivity contribution in [3.05, 3.63) is 178 Å². The van der Waals surface area contributed by atoms with Gasteiger partial charge in [0.05, 0.1) is 17.1 Å². The first kappa shape index (κ1) is 55.8. The normalized spacial score (nSPS) is 11.7. The molecule has 8 rings (SSSR count). The Labute approximate surface area is 409 Å². The Morgan fingerprint density at radius 1 is 0.467 bits per heavy atom. The van der Waals surface area contributed by atoms with Crippen LogP contribution in [0, 0.1) is 52.4 Å². The Balaban J connectivity index is 0.000000188. The van der Waals surface area contributed by atoms with Crippen LogP contribution < -0.4 is 16.4 Å². The molecule has 5 aromatic carbocycles. The predicted molar refractivity (Wildman–Crippen MR) is 233 cm³/mol. The second-order valence-electron chi connectivity index (χ2n) is 15.6. The highest BCUT2D eigenvalue weighted by Crippen LogP contribution is 2.36. The average molecular weight is 1080 g/mol. The first-order chi connectivity index (χ1) is 34.8. The lowest BCUT2D eigenvalue weighted by Gasteiger charge is -2.11. The minimum absolute atomic E-state index is 0.0229. The zero-order valence-electron chi connectivity index (χ0n) is 37.9. The van der Waals surface area contributed by atoms with Crippen molar-refractivity contribution in [1.29, 1.82) is 0 Å². The van der Waals surface area contributed by atoms with E-state index in [1.165, 1.54) is 45.4 Å². The van der Waals surface area contributed by atoms with Crippen LogP contribution in [-0.2, 0) is 46.2 Å². The highest BCUT2D eigenvalue weighted by molar-refractivity contribution is 6.04. The fourth-order valence-electron chi connectivity index (χ4n) is 6.80. The van der Waals surface area contributed by atoms with Crippen LogP contribution in [0.2, 0.25) is 0 Å². The number of benzene rings is 5. The fraction of sp³-hybridized carbons (Fsp3) is 0.149. The second-order valence-corrected chi connectivity index (χ2v) is 15.6. The Morgan fingerprint density at radius 2 is 0.840 bits per heavy atom. The summed E-state index contributed by atoms with van der Waals surface area (Å²) in [4.78, 5) is 12.0. The van der Waals surface area contributed by atoms with Gasteiger partial charge in [-0.1, -0.05) is 0 Å². The number of nitrogen functional groups attached to an aromatic ring is 1. The van der Waals surface area contributed by atoms with Crippen LogP contribution in [0.25, 0.3) is 33.8 Å². The topological polar surface area (TPSA) is 121 Å². The Bertz CT molecular complexity index is 3410. The molecule has 0 aliphatic rings. The largest absolute Gasteiger partial charge is 0.435 e. The SMILES string of the molecule is Cn1nc(C(F)(F)F)cc1-c1ccc(N)cc1F.Cn1nc(C(F)(F)F)cc1-c1ccc(NC(=O)c2c(F)ccc(F)c2F)cc1F.Cn1nc(C(F)(F)F)cc1-c1ccc(NCc2c(F)ccc(F)c2F)cc1F. The van der Waals surface area contributed by atoms with Gasteiger partial charge in [0.15, 0.2) is 40.4 Å². The number of rotatable bonds is 8. The molecule has 0 unspecified atom stereocenters. The molecule has 396 valence electrons. The summed E-state index contributed by atoms with van der Waals surface area (Å²) >= 11 is 0. The van der Waals surface area contributed by atoms with E-state index in [0.29, 0.717) is 30.3 Å². The number of carbonyl (C=O) groups is 1. The molecule has 0 atom stereocenters. The highest BCUT2D eigenvalue weighted by atomic mass is 19.4. The molecule has 0 radical (unpaired) electrons. The third kappa shape index (κ3) is 12.8. The Morgan fingerprint density at radius 3 is 1.25 bits per heavy atom. The lowest BCUT2D eigenvalue weighted by atomic mass is 10.1. The molecule has 0 saturated heterocycles. The number of aryl methyl sites for hydroxylation is 3. The molecule has 0 saturated carbocycles. The predicted octanol–water partition coefficient (Wildman–Crippen LogP) is 13.0. The lowest BCUT2D eigenvalue weighted by Crippen LogP contribution is -2.17. The lowest BCUT2D eigenvalue weighted by molar-refractivity contribution is -0.142. The van der Waals surface area contributed by atoms with Gasteiger partial charge in [-0.05, 0) is 97.1 Å². The fourth-order valence-corrected chi connectivity index (χ4v) is 6.80. The summed E-state index contributed by atoms with van der Waals surface area (Å²) in [5.74, 6) is -12.0. The van der Waals surface area contributed by atoms with Crippen LogP contribution in [0.1, 0.15) is 33.0 Å². The van der Waals surface area contributed by atoms with Crippen LogP contribution in [0.5, 0.6) is 0 Å². The van der Waals surface area contributed by atoms with Crippen LogP contribution in [-0.4, -0.2) is 35.2 Å². The molecule has 0 fully saturated rings. The molecule has 10 nitrogen and oxygen atoms in total. The summed E-state index contributed by atoms with van der Waals surface area (Å²) < 4.78 is 240. The number of amides is 1. The minimum atomic E-state index is -4.72. The number of carbonyl (C=O) groups excluding carboxylic acids is 1. The summed E-state index contributed by atoms with van der Waals surface area (Å²) in [7, 11) is 3.75. The van der Waals surface area contributed by atoms with Gasteiger partial charge in [0.1, 0.15) is 34.6 Å². The van der Waals surface area contributed by atoms with Crippen LogP contribution in [0.15, 0.2) is 97.1 Å². The number of alkyl halides is 9. The number of hydrogen-bond donors (Lipinski definition) is 3. The van der Waals surface area contributed by atoms with Crippen molar-refractivity contribution in [2.24, 2.45) is 21.1 Å². The first-order valence-corrected chi connectivity index (χ1v) is 20.7. The maximum absolute atomic E-state index is 14.4. The number of anilines is 3. The van der Waals surface area contributed by atoms with Gasteiger partial charge in [-0.25, -0.2) is 39.5 Å². The summed E-state index contributed by atoms with van der Waals surface area (Å²) in [5.41, 5.74) is -0.389. The van der Waals surface area contributed by atoms with Crippen molar-refractivity contribution in [2.45, 2.75) is 25.1 Å². The minimum Gasteiger partial charge on any atom is -0.399 e. The van der Waals surface area contributed by atoms with E-state index in [2.05, 4.69) is 20.6 Å². The molecule has 8 aromatic rings. The molecule has 0 spiro atoms. The van der Waals surface area contributed by atoms with Gasteiger partial charge >= 0.3 is 18.5 Å². The molecular formula is C47H31F18N9O. The van der Waals surface area contributed by atoms with Crippen molar-refractivity contribution >= 4 is 23.0 Å². The monoisotopic (exact) mass is 1080 g/mol. The van der Waals surface area contributed by atoms with Gasteiger partial charge in [-0.3, -0.25) is 18.8 Å². The average Bonchev–Trinajstić information content (AvgIpc) is 4.03. The summed E-state index contributed by atoms with van der Waals surface area (Å²) in [5, 5.41) is 14.5. The molecule has 0 bridgehead atoms. The van der Waals surface area contributed by atoms with E-state index in [-0.39, 0.29) is 50.8 Å². The number of aromatic nitrogens is 6. The Hall–Kier alpha value is -8.46. The van der Waals surface area contributed by atoms with E-state index in [1.807, 2.05) is 5.32 Å². The van der Waals surface area contributed by atoms with E-state index in [9.17, 15) is 83.8 Å². The number of hydrogen-bond acceptors (Lipinski definition) is 6. The standard InChI is InChI=1S/C18H10F7N3O.C18H12F7N3.C11H9F4N3/c1-28-13(7-14(27-28)18(23,24)25)9-3-2-8(6-12(9)21)26-17(29)15-10(19)4-5-11(20)16(15)22;1-28-15(7-16(27-28)18(23,24)25)10-3-2-9(6-14(10)21)26-8-11-12(19)4-5-13(20)17(11)22;1-18-9(5-10(17-18)11(13,14)15)7-3-2-6(16)4-8(7)12/h2-7H,1H3,(H,26,29);2-7,26H,8H2,1H3;2-5H,16H2,1H3. The molecule has 1 amide bonds. The zero-order chi connectivity index (χ0) is 55.6. The van der Waals surface area contributed by atoms with E-state index < -0.39 is 112 Å². The molecule has 0 aliphatic carbocycles. The van der Waals surface area contributed by atoms with Gasteiger partial charge in [0.25, 0.3) is 5.91 Å². The van der Waals surface area contributed by atoms with Gasteiger partial charge < -0.3 is 16.4 Å². The molecule has 75 heavy (non-hydrogen) atoms. The van der Waals surface area contributed by atoms with Crippen LogP contribution in [0.4, 0.5) is 96.1 Å². The quantitative estimate of drug-likeness (QED) is 0.0792. The number of nitrogens with one attached hydrogen (secondary N) is 2. The van der Waals surface area contributed by atoms with Gasteiger partial charge in [-0.15, -0.1) is 0 Å². The third-order valence-corrected chi connectivity index (χ3v) is 10.4. The van der Waals surface area contributed by atoms with Crippen molar-refractivity contribution < 1.29 is 83.8 Å². The van der Waals surface area contributed by atoms with Crippen LogP contribution in [0.3, 0.4) is 0 Å². The molecule has 3 aromatic heterocycles. The molecule has 3 heterocycles. The number of halogens is 18. The van der Waals surface area contributed by atoms with Gasteiger partial charge in [0.2, 0.25) is 0 Å². The smallest absolute Gasteiger partial charge is 0.399 e. The summed E-state index contributed by atoms with van der Waals surface area (Å²) in [6.45, 7) is -0.460. The molecular weight excluding hydrogens is 1050 g/mol. The molecule has 4 N–H and O–H groups in total. The van der Waals surface area contributed by atoms with E-state index in [0.717, 1.165) is 56.5 Å².